The minimum atomic E-state index is -0.818. The molecule has 1 aromatic heterocycles. The number of amides is 2. The largest absolute Gasteiger partial charge is 0.356 e. The topological polar surface area (TPSA) is 65.2 Å². The summed E-state index contributed by atoms with van der Waals surface area (Å²) in [6, 6.07) is 16.6. The van der Waals surface area contributed by atoms with Crippen LogP contribution in [0.2, 0.25) is 0 Å². The van der Waals surface area contributed by atoms with Crippen LogP contribution in [0.4, 0.5) is 5.69 Å². The van der Waals surface area contributed by atoms with Crippen LogP contribution in [0.5, 0.6) is 0 Å². The van der Waals surface area contributed by atoms with Gasteiger partial charge in [-0.2, -0.15) is 0 Å². The number of carbonyl (C=O) groups is 2. The summed E-state index contributed by atoms with van der Waals surface area (Å²) < 4.78 is 0.903. The first-order chi connectivity index (χ1) is 15.6. The number of para-hydroxylation sites is 1. The van der Waals surface area contributed by atoms with Crippen LogP contribution in [0.3, 0.4) is 0 Å². The van der Waals surface area contributed by atoms with Crippen molar-refractivity contribution in [3.05, 3.63) is 64.8 Å². The lowest BCUT2D eigenvalue weighted by atomic mass is 9.95. The van der Waals surface area contributed by atoms with E-state index in [4.69, 9.17) is 11.6 Å². The van der Waals surface area contributed by atoms with Crippen molar-refractivity contribution in [2.24, 2.45) is 0 Å². The fourth-order valence-corrected chi connectivity index (χ4v) is 4.83. The van der Waals surface area contributed by atoms with Gasteiger partial charge in [0.1, 0.15) is 0 Å². The number of benzene rings is 2. The molecule has 5 nitrogen and oxygen atoms in total. The summed E-state index contributed by atoms with van der Waals surface area (Å²) in [5.41, 5.74) is 2.27. The first kappa shape index (κ1) is 22.9. The van der Waals surface area contributed by atoms with Crippen molar-refractivity contribution >= 4 is 55.9 Å². The normalized spacial score (nSPS) is 15.4. The van der Waals surface area contributed by atoms with Gasteiger partial charge in [-0.15, -0.1) is 11.6 Å². The maximum absolute atomic E-state index is 13.7. The van der Waals surface area contributed by atoms with Crippen LogP contribution in [0.25, 0.3) is 10.9 Å². The molecule has 2 aromatic carbocycles. The van der Waals surface area contributed by atoms with Crippen LogP contribution in [0, 0.1) is 0 Å². The molecule has 0 aliphatic heterocycles. The number of fused-ring (bicyclic) bond motifs is 1. The Hall–Kier alpha value is -2.31. The summed E-state index contributed by atoms with van der Waals surface area (Å²) in [4.78, 5) is 32.0. The van der Waals surface area contributed by atoms with Crippen LogP contribution in [-0.2, 0) is 9.59 Å². The summed E-state index contributed by atoms with van der Waals surface area (Å²) in [6.07, 6.45) is 5.52. The van der Waals surface area contributed by atoms with E-state index in [9.17, 15) is 9.59 Å². The van der Waals surface area contributed by atoms with Gasteiger partial charge in [-0.05, 0) is 54.6 Å². The lowest BCUT2D eigenvalue weighted by molar-refractivity contribution is -0.127. The predicted octanol–water partition coefficient (Wildman–Crippen LogP) is 6.08. The standard InChI is InChI=1S/C25H27BrClN3O2/c26-18-10-12-20(13-11-18)30(23(31)14-15-27)24(25(32)28-19-7-2-1-3-8-19)22-16-17-6-4-5-9-21(17)29-22/h4-6,9-13,16,19,24,29H,1-3,7-8,14-15H2,(H,28,32). The van der Waals surface area contributed by atoms with E-state index in [-0.39, 0.29) is 30.2 Å². The van der Waals surface area contributed by atoms with Crippen molar-refractivity contribution in [2.45, 2.75) is 50.6 Å². The Morgan fingerprint density at radius 2 is 1.81 bits per heavy atom. The Labute approximate surface area is 201 Å². The highest BCUT2D eigenvalue weighted by atomic mass is 79.9. The molecular weight excluding hydrogens is 490 g/mol. The molecule has 1 fully saturated rings. The van der Waals surface area contributed by atoms with Crippen molar-refractivity contribution < 1.29 is 9.59 Å². The van der Waals surface area contributed by atoms with E-state index in [0.29, 0.717) is 11.4 Å². The van der Waals surface area contributed by atoms with Gasteiger partial charge in [-0.25, -0.2) is 0 Å². The second-order valence-electron chi connectivity index (χ2n) is 8.24. The summed E-state index contributed by atoms with van der Waals surface area (Å²) in [5, 5.41) is 4.22. The van der Waals surface area contributed by atoms with Crippen molar-refractivity contribution in [1.29, 1.82) is 0 Å². The number of H-pyrrole nitrogens is 1. The van der Waals surface area contributed by atoms with Crippen molar-refractivity contribution in [3.63, 3.8) is 0 Å². The summed E-state index contributed by atoms with van der Waals surface area (Å²) in [5.74, 6) is -0.172. The van der Waals surface area contributed by atoms with E-state index in [0.717, 1.165) is 41.1 Å². The predicted molar refractivity (Wildman–Crippen MR) is 133 cm³/mol. The average molecular weight is 517 g/mol. The number of hydrogen-bond acceptors (Lipinski definition) is 2. The van der Waals surface area contributed by atoms with Gasteiger partial charge in [0, 0.05) is 39.7 Å². The highest BCUT2D eigenvalue weighted by Crippen LogP contribution is 2.32. The highest BCUT2D eigenvalue weighted by molar-refractivity contribution is 9.10. The molecule has 7 heteroatoms. The fraction of sp³-hybridized carbons (Fsp3) is 0.360. The second kappa shape index (κ2) is 10.5. The maximum atomic E-state index is 13.7. The van der Waals surface area contributed by atoms with Gasteiger partial charge < -0.3 is 10.3 Å². The summed E-state index contributed by atoms with van der Waals surface area (Å²) in [6.45, 7) is 0. The molecular formula is C25H27BrClN3O2. The second-order valence-corrected chi connectivity index (χ2v) is 9.53. The zero-order chi connectivity index (χ0) is 22.5. The quantitative estimate of drug-likeness (QED) is 0.374. The Morgan fingerprint density at radius 3 is 2.50 bits per heavy atom. The molecule has 1 aliphatic carbocycles. The van der Waals surface area contributed by atoms with E-state index in [2.05, 4.69) is 26.2 Å². The third-order valence-corrected chi connectivity index (χ3v) is 6.70. The molecule has 0 spiro atoms. The number of aromatic nitrogens is 1. The lowest BCUT2D eigenvalue weighted by Crippen LogP contribution is -2.47. The van der Waals surface area contributed by atoms with Gasteiger partial charge in [0.15, 0.2) is 6.04 Å². The molecule has 1 heterocycles. The molecule has 0 bridgehead atoms. The molecule has 1 saturated carbocycles. The minimum absolute atomic E-state index is 0.137. The first-order valence-corrected chi connectivity index (χ1v) is 12.4. The third-order valence-electron chi connectivity index (χ3n) is 5.99. The molecule has 0 radical (unpaired) electrons. The molecule has 32 heavy (non-hydrogen) atoms. The van der Waals surface area contributed by atoms with Crippen LogP contribution in [-0.4, -0.2) is 28.7 Å². The zero-order valence-electron chi connectivity index (χ0n) is 17.8. The molecule has 4 rings (SSSR count). The van der Waals surface area contributed by atoms with Gasteiger partial charge in [-0.3, -0.25) is 14.5 Å². The number of rotatable bonds is 7. The minimum Gasteiger partial charge on any atom is -0.356 e. The SMILES string of the molecule is O=C(NC1CCCCC1)C(c1cc2ccccc2[nH]1)N(C(=O)CCCl)c1ccc(Br)cc1. The number of nitrogens with zero attached hydrogens (tertiary/aromatic N) is 1. The van der Waals surface area contributed by atoms with E-state index >= 15 is 0 Å². The number of nitrogens with one attached hydrogen (secondary N) is 2. The van der Waals surface area contributed by atoms with Crippen molar-refractivity contribution in [3.8, 4) is 0 Å². The van der Waals surface area contributed by atoms with Crippen LogP contribution < -0.4 is 10.2 Å². The Balaban J connectivity index is 1.77. The van der Waals surface area contributed by atoms with Crippen molar-refractivity contribution in [2.75, 3.05) is 10.8 Å². The molecule has 1 unspecified atom stereocenters. The number of hydrogen-bond donors (Lipinski definition) is 2. The van der Waals surface area contributed by atoms with Gasteiger partial charge in [0.05, 0.1) is 0 Å². The van der Waals surface area contributed by atoms with E-state index in [1.54, 1.807) is 4.90 Å². The Morgan fingerprint density at radius 1 is 1.09 bits per heavy atom. The zero-order valence-corrected chi connectivity index (χ0v) is 20.2. The number of carbonyl (C=O) groups excluding carboxylic acids is 2. The third kappa shape index (κ3) is 5.18. The number of anilines is 1. The molecule has 1 aliphatic rings. The smallest absolute Gasteiger partial charge is 0.249 e. The number of aromatic amines is 1. The monoisotopic (exact) mass is 515 g/mol. The molecule has 3 aromatic rings. The molecule has 2 amide bonds. The van der Waals surface area contributed by atoms with E-state index < -0.39 is 6.04 Å². The highest BCUT2D eigenvalue weighted by Gasteiger charge is 2.34. The lowest BCUT2D eigenvalue weighted by Gasteiger charge is -2.32. The molecule has 1 atom stereocenters. The Kier molecular flexibility index (Phi) is 7.53. The van der Waals surface area contributed by atoms with Gasteiger partial charge in [0.2, 0.25) is 11.8 Å². The first-order valence-electron chi connectivity index (χ1n) is 11.1. The maximum Gasteiger partial charge on any atom is 0.249 e. The van der Waals surface area contributed by atoms with Crippen molar-refractivity contribution in [1.82, 2.24) is 10.3 Å². The van der Waals surface area contributed by atoms with Crippen LogP contribution >= 0.6 is 27.5 Å². The van der Waals surface area contributed by atoms with E-state index in [1.807, 2.05) is 54.6 Å². The molecule has 168 valence electrons. The summed E-state index contributed by atoms with van der Waals surface area (Å²) >= 11 is 9.39. The number of alkyl halides is 1. The van der Waals surface area contributed by atoms with Crippen LogP contribution in [0.15, 0.2) is 59.1 Å². The fourth-order valence-electron chi connectivity index (χ4n) is 4.41. The number of halogens is 2. The average Bonchev–Trinajstić information content (AvgIpc) is 3.22. The molecule has 0 saturated heterocycles. The summed E-state index contributed by atoms with van der Waals surface area (Å²) in [7, 11) is 0. The van der Waals surface area contributed by atoms with Gasteiger partial charge in [0.25, 0.3) is 0 Å². The molecule has 2 N–H and O–H groups in total. The van der Waals surface area contributed by atoms with Gasteiger partial charge >= 0.3 is 0 Å². The van der Waals surface area contributed by atoms with Gasteiger partial charge in [-0.1, -0.05) is 53.4 Å². The van der Waals surface area contributed by atoms with Crippen LogP contribution in [0.1, 0.15) is 50.3 Å². The Bertz CT molecular complexity index is 1040. The van der Waals surface area contributed by atoms with E-state index in [1.165, 1.54) is 6.42 Å².